The molecule has 1 heterocycles. The number of halogens is 1. The molecule has 0 bridgehead atoms. The summed E-state index contributed by atoms with van der Waals surface area (Å²) in [6.45, 7) is 4.56. The first kappa shape index (κ1) is 17.5. The van der Waals surface area contributed by atoms with Crippen LogP contribution in [0.1, 0.15) is 25.8 Å². The van der Waals surface area contributed by atoms with E-state index in [0.717, 1.165) is 18.4 Å². The molecule has 0 saturated heterocycles. The van der Waals surface area contributed by atoms with Gasteiger partial charge in [0.15, 0.2) is 0 Å². The molecule has 116 valence electrons. The quantitative estimate of drug-likeness (QED) is 0.835. The topological polar surface area (TPSA) is 57.2 Å². The largest absolute Gasteiger partial charge is 0.465 e. The molecule has 1 aromatic carbocycles. The molecule has 0 spiro atoms. The Kier molecular flexibility index (Phi) is 6.72. The van der Waals surface area contributed by atoms with E-state index in [-0.39, 0.29) is 31.0 Å². The maximum Gasteiger partial charge on any atom is 0.325 e. The van der Waals surface area contributed by atoms with Crippen LogP contribution < -0.4 is 5.73 Å². The lowest BCUT2D eigenvalue weighted by atomic mass is 10.0. The third-order valence-electron chi connectivity index (χ3n) is 3.48. The van der Waals surface area contributed by atoms with Crippen molar-refractivity contribution in [2.24, 2.45) is 5.73 Å². The number of para-hydroxylation sites is 1. The molecule has 0 aliphatic carbocycles. The molecule has 0 aliphatic rings. The van der Waals surface area contributed by atoms with Crippen LogP contribution >= 0.6 is 12.4 Å². The third-order valence-corrected chi connectivity index (χ3v) is 3.48. The van der Waals surface area contributed by atoms with E-state index in [1.165, 1.54) is 10.9 Å². The van der Waals surface area contributed by atoms with Crippen molar-refractivity contribution in [1.82, 2.24) is 4.57 Å². The number of carbonyl (C=O) groups excluding carboxylic acids is 1. The SMILES string of the molecule is CCOC(=O)Cn1cc(CC(N)CC)c2ccccc21.Cl. The van der Waals surface area contributed by atoms with Crippen LogP contribution in [0.5, 0.6) is 0 Å². The molecule has 2 aromatic rings. The first-order valence-corrected chi connectivity index (χ1v) is 7.13. The molecule has 1 unspecified atom stereocenters. The highest BCUT2D eigenvalue weighted by Gasteiger charge is 2.13. The van der Waals surface area contributed by atoms with Crippen LogP contribution in [0.15, 0.2) is 30.5 Å². The highest BCUT2D eigenvalue weighted by atomic mass is 35.5. The van der Waals surface area contributed by atoms with Crippen molar-refractivity contribution in [3.63, 3.8) is 0 Å². The lowest BCUT2D eigenvalue weighted by Gasteiger charge is -2.06. The van der Waals surface area contributed by atoms with Crippen molar-refractivity contribution in [3.8, 4) is 0 Å². The van der Waals surface area contributed by atoms with E-state index >= 15 is 0 Å². The molecule has 1 aromatic heterocycles. The number of nitrogens with zero attached hydrogens (tertiary/aromatic N) is 1. The third kappa shape index (κ3) is 4.22. The summed E-state index contributed by atoms with van der Waals surface area (Å²) in [5.74, 6) is -0.209. The number of ether oxygens (including phenoxy) is 1. The standard InChI is InChI=1S/C16H22N2O2.ClH/c1-3-13(17)9-12-10-18(11-16(19)20-4-2)15-8-6-5-7-14(12)15;/h5-8,10,13H,3-4,9,11,17H2,1-2H3;1H. The summed E-state index contributed by atoms with van der Waals surface area (Å²) in [6.07, 6.45) is 3.79. The zero-order valence-corrected chi connectivity index (χ0v) is 13.4. The number of hydrogen-bond donors (Lipinski definition) is 1. The number of benzene rings is 1. The zero-order chi connectivity index (χ0) is 14.5. The Morgan fingerprint density at radius 3 is 2.71 bits per heavy atom. The zero-order valence-electron chi connectivity index (χ0n) is 12.5. The molecule has 0 amide bonds. The van der Waals surface area contributed by atoms with Gasteiger partial charge in [-0.2, -0.15) is 0 Å². The summed E-state index contributed by atoms with van der Waals surface area (Å²) in [7, 11) is 0. The monoisotopic (exact) mass is 310 g/mol. The van der Waals surface area contributed by atoms with Gasteiger partial charge in [0.05, 0.1) is 6.61 Å². The molecule has 1 atom stereocenters. The average molecular weight is 311 g/mol. The van der Waals surface area contributed by atoms with Crippen molar-refractivity contribution in [2.45, 2.75) is 39.3 Å². The van der Waals surface area contributed by atoms with Crippen LogP contribution in [0.25, 0.3) is 10.9 Å². The minimum absolute atomic E-state index is 0. The first-order chi connectivity index (χ1) is 9.65. The van der Waals surface area contributed by atoms with Crippen LogP contribution in [-0.4, -0.2) is 23.2 Å². The molecule has 2 N–H and O–H groups in total. The smallest absolute Gasteiger partial charge is 0.325 e. The molecule has 0 fully saturated rings. The predicted octanol–water partition coefficient (Wildman–Crippen LogP) is 2.91. The maximum atomic E-state index is 11.7. The first-order valence-electron chi connectivity index (χ1n) is 7.13. The van der Waals surface area contributed by atoms with E-state index in [2.05, 4.69) is 13.0 Å². The van der Waals surface area contributed by atoms with Crippen LogP contribution in [0.4, 0.5) is 0 Å². The van der Waals surface area contributed by atoms with Gasteiger partial charge in [-0.15, -0.1) is 12.4 Å². The van der Waals surface area contributed by atoms with Crippen LogP contribution in [0.2, 0.25) is 0 Å². The Bertz CT molecular complexity index is 595. The summed E-state index contributed by atoms with van der Waals surface area (Å²) in [6, 6.07) is 8.24. The molecule has 4 nitrogen and oxygen atoms in total. The molecular weight excluding hydrogens is 288 g/mol. The Balaban J connectivity index is 0.00000220. The van der Waals surface area contributed by atoms with Crippen molar-refractivity contribution >= 4 is 29.3 Å². The van der Waals surface area contributed by atoms with E-state index in [1.807, 2.05) is 35.9 Å². The summed E-state index contributed by atoms with van der Waals surface area (Å²) in [5.41, 5.74) is 8.30. The van der Waals surface area contributed by atoms with Gasteiger partial charge in [0.1, 0.15) is 6.54 Å². The van der Waals surface area contributed by atoms with E-state index in [0.29, 0.717) is 6.61 Å². The van der Waals surface area contributed by atoms with Crippen molar-refractivity contribution in [1.29, 1.82) is 0 Å². The normalized spacial score (nSPS) is 12.0. The minimum atomic E-state index is -0.209. The predicted molar refractivity (Wildman–Crippen MR) is 87.8 cm³/mol. The van der Waals surface area contributed by atoms with Crippen molar-refractivity contribution in [3.05, 3.63) is 36.0 Å². The van der Waals surface area contributed by atoms with Gasteiger partial charge in [0.2, 0.25) is 0 Å². The number of nitrogens with two attached hydrogens (primary N) is 1. The highest BCUT2D eigenvalue weighted by Crippen LogP contribution is 2.22. The molecule has 0 saturated carbocycles. The maximum absolute atomic E-state index is 11.7. The van der Waals surface area contributed by atoms with Gasteiger partial charge in [-0.1, -0.05) is 25.1 Å². The van der Waals surface area contributed by atoms with Crippen molar-refractivity contribution < 1.29 is 9.53 Å². The fraction of sp³-hybridized carbons (Fsp3) is 0.438. The number of hydrogen-bond acceptors (Lipinski definition) is 3. The second kappa shape index (κ2) is 8.05. The summed E-state index contributed by atoms with van der Waals surface area (Å²) in [5, 5.41) is 1.17. The summed E-state index contributed by atoms with van der Waals surface area (Å²) < 4.78 is 6.97. The highest BCUT2D eigenvalue weighted by molar-refractivity contribution is 5.86. The number of rotatable bonds is 6. The number of aromatic nitrogens is 1. The van der Waals surface area contributed by atoms with Gasteiger partial charge in [0, 0.05) is 23.1 Å². The van der Waals surface area contributed by atoms with Gasteiger partial charge in [-0.3, -0.25) is 4.79 Å². The second-order valence-electron chi connectivity index (χ2n) is 4.98. The Labute approximate surface area is 131 Å². The van der Waals surface area contributed by atoms with Gasteiger partial charge < -0.3 is 15.0 Å². The number of esters is 1. The van der Waals surface area contributed by atoms with Crippen LogP contribution in [0, 0.1) is 0 Å². The lowest BCUT2D eigenvalue weighted by Crippen LogP contribution is -2.21. The minimum Gasteiger partial charge on any atom is -0.465 e. The molecule has 5 heteroatoms. The Morgan fingerprint density at radius 1 is 1.33 bits per heavy atom. The summed E-state index contributed by atoms with van der Waals surface area (Å²) >= 11 is 0. The van der Waals surface area contributed by atoms with Gasteiger partial charge in [0.25, 0.3) is 0 Å². The lowest BCUT2D eigenvalue weighted by molar-refractivity contribution is -0.143. The molecule has 21 heavy (non-hydrogen) atoms. The van der Waals surface area contributed by atoms with E-state index in [1.54, 1.807) is 0 Å². The van der Waals surface area contributed by atoms with E-state index in [9.17, 15) is 4.79 Å². The number of fused-ring (bicyclic) bond motifs is 1. The summed E-state index contributed by atoms with van der Waals surface area (Å²) in [4.78, 5) is 11.7. The van der Waals surface area contributed by atoms with Gasteiger partial charge >= 0.3 is 5.97 Å². The van der Waals surface area contributed by atoms with E-state index < -0.39 is 0 Å². The Morgan fingerprint density at radius 2 is 2.05 bits per heavy atom. The Hall–Kier alpha value is -1.52. The fourth-order valence-corrected chi connectivity index (χ4v) is 2.39. The molecule has 0 radical (unpaired) electrons. The number of carbonyl (C=O) groups is 1. The van der Waals surface area contributed by atoms with Crippen molar-refractivity contribution in [2.75, 3.05) is 6.61 Å². The fourth-order valence-electron chi connectivity index (χ4n) is 2.39. The van der Waals surface area contributed by atoms with Gasteiger partial charge in [-0.05, 0) is 31.4 Å². The van der Waals surface area contributed by atoms with Gasteiger partial charge in [-0.25, -0.2) is 0 Å². The van der Waals surface area contributed by atoms with Crippen LogP contribution in [-0.2, 0) is 22.5 Å². The average Bonchev–Trinajstić information content (AvgIpc) is 2.77. The molecule has 2 rings (SSSR count). The van der Waals surface area contributed by atoms with Crippen LogP contribution in [0.3, 0.4) is 0 Å². The molecule has 0 aliphatic heterocycles. The second-order valence-corrected chi connectivity index (χ2v) is 4.98. The molecular formula is C16H23ClN2O2. The van der Waals surface area contributed by atoms with E-state index in [4.69, 9.17) is 10.5 Å².